The molecule has 0 bridgehead atoms. The average Bonchev–Trinajstić information content (AvgIpc) is 2.46. The zero-order chi connectivity index (χ0) is 16.6. The van der Waals surface area contributed by atoms with E-state index >= 15 is 0 Å². The normalized spacial score (nSPS) is 23.4. The molecule has 6 nitrogen and oxygen atoms in total. The number of ether oxygens (including phenoxy) is 1. The van der Waals surface area contributed by atoms with Crippen molar-refractivity contribution in [3.63, 3.8) is 0 Å². The Morgan fingerprint density at radius 1 is 1.26 bits per heavy atom. The summed E-state index contributed by atoms with van der Waals surface area (Å²) in [5.41, 5.74) is -0.534. The molecule has 0 amide bonds. The molecule has 2 saturated heterocycles. The lowest BCUT2D eigenvalue weighted by molar-refractivity contribution is 0.0191. The molecule has 2 heterocycles. The van der Waals surface area contributed by atoms with E-state index in [9.17, 15) is 17.6 Å². The molecule has 0 saturated carbocycles. The van der Waals surface area contributed by atoms with Gasteiger partial charge in [-0.05, 0) is 43.4 Å². The zero-order valence-corrected chi connectivity index (χ0v) is 13.3. The van der Waals surface area contributed by atoms with Crippen LogP contribution in [0.15, 0.2) is 23.1 Å². The number of nitrogens with zero attached hydrogens (tertiary/aromatic N) is 1. The maximum absolute atomic E-state index is 13.8. The van der Waals surface area contributed by atoms with E-state index in [1.54, 1.807) is 0 Å². The van der Waals surface area contributed by atoms with E-state index in [1.165, 1.54) is 4.31 Å². The van der Waals surface area contributed by atoms with E-state index in [0.29, 0.717) is 19.8 Å². The minimum Gasteiger partial charge on any atom is -0.478 e. The summed E-state index contributed by atoms with van der Waals surface area (Å²) in [5.74, 6) is -2.20. The number of benzene rings is 1. The molecule has 8 heteroatoms. The molecule has 1 aromatic rings. The quantitative estimate of drug-likeness (QED) is 0.900. The first-order valence-corrected chi connectivity index (χ1v) is 8.97. The van der Waals surface area contributed by atoms with Gasteiger partial charge in [0.15, 0.2) is 0 Å². The molecule has 0 radical (unpaired) electrons. The van der Waals surface area contributed by atoms with Crippen LogP contribution in [0.1, 0.15) is 29.6 Å². The summed E-state index contributed by atoms with van der Waals surface area (Å²) in [5, 5.41) is 8.83. The van der Waals surface area contributed by atoms with Crippen LogP contribution in [0.4, 0.5) is 4.39 Å². The van der Waals surface area contributed by atoms with Crippen LogP contribution >= 0.6 is 0 Å². The predicted octanol–water partition coefficient (Wildman–Crippen LogP) is 1.71. The van der Waals surface area contributed by atoms with E-state index in [-0.39, 0.29) is 16.9 Å². The lowest BCUT2D eigenvalue weighted by Gasteiger charge is -2.45. The van der Waals surface area contributed by atoms with E-state index in [4.69, 9.17) is 9.84 Å². The number of aromatic carboxylic acids is 1. The Kier molecular flexibility index (Phi) is 4.39. The smallest absolute Gasteiger partial charge is 0.338 e. The molecule has 1 atom stereocenters. The molecule has 1 N–H and O–H groups in total. The summed E-state index contributed by atoms with van der Waals surface area (Å²) in [6.07, 6.45) is 2.44. The van der Waals surface area contributed by atoms with Crippen molar-refractivity contribution in [2.24, 2.45) is 5.92 Å². The fourth-order valence-electron chi connectivity index (χ4n) is 3.22. The van der Waals surface area contributed by atoms with Crippen molar-refractivity contribution in [3.05, 3.63) is 29.6 Å². The summed E-state index contributed by atoms with van der Waals surface area (Å²) in [4.78, 5) is 10.6. The molecule has 23 heavy (non-hydrogen) atoms. The first-order valence-electron chi connectivity index (χ1n) is 7.53. The molecule has 1 unspecified atom stereocenters. The number of rotatable bonds is 4. The van der Waals surface area contributed by atoms with Crippen LogP contribution in [0.3, 0.4) is 0 Å². The fourth-order valence-corrected chi connectivity index (χ4v) is 4.96. The van der Waals surface area contributed by atoms with Gasteiger partial charge in [0.2, 0.25) is 10.0 Å². The second-order valence-electron chi connectivity index (χ2n) is 5.87. The number of hydrogen-bond acceptors (Lipinski definition) is 4. The molecule has 126 valence electrons. The van der Waals surface area contributed by atoms with Gasteiger partial charge in [0, 0.05) is 25.8 Å². The summed E-state index contributed by atoms with van der Waals surface area (Å²) in [7, 11) is -3.81. The van der Waals surface area contributed by atoms with Gasteiger partial charge in [-0.2, -0.15) is 4.31 Å². The Bertz CT molecular complexity index is 715. The molecular weight excluding hydrogens is 325 g/mol. The molecule has 0 aromatic heterocycles. The highest BCUT2D eigenvalue weighted by molar-refractivity contribution is 7.89. The van der Waals surface area contributed by atoms with Gasteiger partial charge < -0.3 is 9.84 Å². The van der Waals surface area contributed by atoms with Crippen molar-refractivity contribution in [1.29, 1.82) is 0 Å². The van der Waals surface area contributed by atoms with E-state index < -0.39 is 27.4 Å². The van der Waals surface area contributed by atoms with Crippen molar-refractivity contribution in [2.75, 3.05) is 19.8 Å². The Morgan fingerprint density at radius 2 is 1.96 bits per heavy atom. The number of carboxylic acids is 1. The van der Waals surface area contributed by atoms with Crippen LogP contribution in [0, 0.1) is 11.7 Å². The third kappa shape index (κ3) is 2.98. The van der Waals surface area contributed by atoms with Gasteiger partial charge in [0.1, 0.15) is 5.82 Å². The largest absolute Gasteiger partial charge is 0.478 e. The highest BCUT2D eigenvalue weighted by atomic mass is 32.2. The highest BCUT2D eigenvalue weighted by Gasteiger charge is 2.43. The monoisotopic (exact) mass is 343 g/mol. The fraction of sp³-hybridized carbons (Fsp3) is 0.533. The molecule has 0 spiro atoms. The molecule has 2 fully saturated rings. The lowest BCUT2D eigenvalue weighted by atomic mass is 9.86. The minimum atomic E-state index is -3.81. The Morgan fingerprint density at radius 3 is 2.48 bits per heavy atom. The zero-order valence-electron chi connectivity index (χ0n) is 12.4. The number of sulfonamides is 1. The van der Waals surface area contributed by atoms with Crippen LogP contribution in [-0.2, 0) is 14.8 Å². The van der Waals surface area contributed by atoms with Crippen LogP contribution in [-0.4, -0.2) is 49.6 Å². The predicted molar refractivity (Wildman–Crippen MR) is 79.2 cm³/mol. The van der Waals surface area contributed by atoms with Crippen LogP contribution in [0.2, 0.25) is 0 Å². The summed E-state index contributed by atoms with van der Waals surface area (Å²) < 4.78 is 45.9. The Hall–Kier alpha value is -1.51. The van der Waals surface area contributed by atoms with Gasteiger partial charge in [0.05, 0.1) is 10.5 Å². The SMILES string of the molecule is O=C(O)c1ccc(S(=O)(=O)N2CCC2C2CCOCC2)cc1F. The summed E-state index contributed by atoms with van der Waals surface area (Å²) in [6, 6.07) is 2.86. The number of hydrogen-bond donors (Lipinski definition) is 1. The maximum atomic E-state index is 13.8. The first kappa shape index (κ1) is 16.4. The van der Waals surface area contributed by atoms with Gasteiger partial charge >= 0.3 is 5.97 Å². The van der Waals surface area contributed by atoms with Gasteiger partial charge in [-0.3, -0.25) is 0 Å². The maximum Gasteiger partial charge on any atom is 0.338 e. The summed E-state index contributed by atoms with van der Waals surface area (Å²) in [6.45, 7) is 1.68. The molecule has 2 aliphatic rings. The Labute approximate surface area is 133 Å². The highest BCUT2D eigenvalue weighted by Crippen LogP contribution is 2.35. The second-order valence-corrected chi connectivity index (χ2v) is 7.76. The van der Waals surface area contributed by atoms with E-state index in [2.05, 4.69) is 0 Å². The molecule has 3 rings (SSSR count). The number of carbonyl (C=O) groups is 1. The number of halogens is 1. The summed E-state index contributed by atoms with van der Waals surface area (Å²) >= 11 is 0. The van der Waals surface area contributed by atoms with Crippen molar-refractivity contribution >= 4 is 16.0 Å². The molecular formula is C15H18FNO5S. The van der Waals surface area contributed by atoms with Crippen molar-refractivity contribution in [2.45, 2.75) is 30.2 Å². The van der Waals surface area contributed by atoms with Crippen LogP contribution in [0.25, 0.3) is 0 Å². The topological polar surface area (TPSA) is 83.9 Å². The van der Waals surface area contributed by atoms with E-state index in [1.807, 2.05) is 0 Å². The van der Waals surface area contributed by atoms with Crippen LogP contribution in [0.5, 0.6) is 0 Å². The molecule has 0 aliphatic carbocycles. The van der Waals surface area contributed by atoms with Gasteiger partial charge in [-0.1, -0.05) is 0 Å². The third-order valence-corrected chi connectivity index (χ3v) is 6.52. The number of carboxylic acid groups (broad SMARTS) is 1. The van der Waals surface area contributed by atoms with Gasteiger partial charge in [-0.15, -0.1) is 0 Å². The van der Waals surface area contributed by atoms with E-state index in [0.717, 1.165) is 37.5 Å². The van der Waals surface area contributed by atoms with Crippen molar-refractivity contribution in [3.8, 4) is 0 Å². The van der Waals surface area contributed by atoms with Crippen molar-refractivity contribution in [1.82, 2.24) is 4.31 Å². The third-order valence-electron chi connectivity index (χ3n) is 4.60. The minimum absolute atomic E-state index is 0.0777. The Balaban J connectivity index is 1.84. The average molecular weight is 343 g/mol. The first-order chi connectivity index (χ1) is 10.9. The molecule has 2 aliphatic heterocycles. The van der Waals surface area contributed by atoms with Crippen LogP contribution < -0.4 is 0 Å². The van der Waals surface area contributed by atoms with Crippen molar-refractivity contribution < 1.29 is 27.4 Å². The second kappa shape index (κ2) is 6.18. The van der Waals surface area contributed by atoms with Gasteiger partial charge in [0.25, 0.3) is 0 Å². The molecule has 1 aromatic carbocycles. The lowest BCUT2D eigenvalue weighted by Crippen LogP contribution is -2.55. The van der Waals surface area contributed by atoms with Gasteiger partial charge in [-0.25, -0.2) is 17.6 Å². The standard InChI is InChI=1S/C15H18FNO5S/c16-13-9-11(1-2-12(13)15(18)19)23(20,21)17-6-3-14(17)10-4-7-22-8-5-10/h1-2,9-10,14H,3-8H2,(H,18,19).